The Balaban J connectivity index is 2.11. The molecule has 3 rings (SSSR count). The monoisotopic (exact) mass is 383 g/mol. The summed E-state index contributed by atoms with van der Waals surface area (Å²) in [6, 6.07) is 8.67. The van der Waals surface area contributed by atoms with Gasteiger partial charge in [-0.1, -0.05) is 45.2 Å². The number of phenolic OH excluding ortho intramolecular Hbond substituents is 1. The topological polar surface area (TPSA) is 49.3 Å². The number of rotatable bonds is 1. The van der Waals surface area contributed by atoms with Gasteiger partial charge in [0, 0.05) is 15.6 Å². The van der Waals surface area contributed by atoms with E-state index in [4.69, 9.17) is 23.2 Å². The third-order valence-electron chi connectivity index (χ3n) is 3.11. The lowest BCUT2D eigenvalue weighted by molar-refractivity contribution is -0.110. The van der Waals surface area contributed by atoms with E-state index in [2.05, 4.69) is 21.2 Å². The Morgan fingerprint density at radius 3 is 2.48 bits per heavy atom. The van der Waals surface area contributed by atoms with Gasteiger partial charge < -0.3 is 10.4 Å². The predicted molar refractivity (Wildman–Crippen MR) is 88.8 cm³/mol. The highest BCUT2D eigenvalue weighted by Crippen LogP contribution is 2.37. The van der Waals surface area contributed by atoms with Crippen LogP contribution in [-0.2, 0) is 4.79 Å². The van der Waals surface area contributed by atoms with Crippen molar-refractivity contribution in [3.05, 3.63) is 56.0 Å². The predicted octanol–water partition coefficient (Wildman–Crippen LogP) is 4.95. The molecule has 1 aliphatic rings. The van der Waals surface area contributed by atoms with E-state index in [0.717, 1.165) is 15.7 Å². The first-order valence-electron chi connectivity index (χ1n) is 5.96. The first-order chi connectivity index (χ1) is 9.95. The second-order valence-corrected chi connectivity index (χ2v) is 6.27. The molecule has 0 spiro atoms. The lowest BCUT2D eigenvalue weighted by Gasteiger charge is -2.03. The summed E-state index contributed by atoms with van der Waals surface area (Å²) in [4.78, 5) is 12.1. The normalized spacial score (nSPS) is 15.2. The van der Waals surface area contributed by atoms with Gasteiger partial charge in [0.05, 0.1) is 15.7 Å². The van der Waals surface area contributed by atoms with Crippen molar-refractivity contribution in [2.45, 2.75) is 0 Å². The summed E-state index contributed by atoms with van der Waals surface area (Å²) < 4.78 is 0.888. The molecule has 0 saturated carbocycles. The maximum atomic E-state index is 12.1. The quantitative estimate of drug-likeness (QED) is 0.683. The van der Waals surface area contributed by atoms with Crippen molar-refractivity contribution in [2.75, 3.05) is 5.32 Å². The minimum atomic E-state index is -0.191. The molecule has 0 aliphatic carbocycles. The number of fused-ring (bicyclic) bond motifs is 1. The van der Waals surface area contributed by atoms with Crippen molar-refractivity contribution in [3.63, 3.8) is 0 Å². The Hall–Kier alpha value is -1.49. The molecular formula is C15H8BrCl2NO2. The molecule has 0 bridgehead atoms. The Labute approximate surface area is 139 Å². The number of benzene rings is 2. The fourth-order valence-corrected chi connectivity index (χ4v) is 3.01. The zero-order valence-electron chi connectivity index (χ0n) is 10.5. The van der Waals surface area contributed by atoms with Gasteiger partial charge in [0.1, 0.15) is 0 Å². The molecule has 1 heterocycles. The van der Waals surface area contributed by atoms with Crippen molar-refractivity contribution < 1.29 is 9.90 Å². The number of amides is 1. The molecule has 0 fully saturated rings. The van der Waals surface area contributed by atoms with Gasteiger partial charge in [0.2, 0.25) is 0 Å². The molecule has 2 aromatic carbocycles. The molecular weight excluding hydrogens is 377 g/mol. The van der Waals surface area contributed by atoms with Crippen LogP contribution in [-0.4, -0.2) is 11.0 Å². The number of phenols is 1. The zero-order chi connectivity index (χ0) is 15.1. The summed E-state index contributed by atoms with van der Waals surface area (Å²) in [5.41, 5.74) is 2.72. The van der Waals surface area contributed by atoms with Crippen LogP contribution in [0.2, 0.25) is 10.0 Å². The molecule has 1 aliphatic heterocycles. The largest absolute Gasteiger partial charge is 0.505 e. The number of hydrogen-bond acceptors (Lipinski definition) is 2. The van der Waals surface area contributed by atoms with Crippen LogP contribution in [0.5, 0.6) is 5.75 Å². The third-order valence-corrected chi connectivity index (χ3v) is 4.18. The van der Waals surface area contributed by atoms with Crippen LogP contribution in [0.15, 0.2) is 34.8 Å². The van der Waals surface area contributed by atoms with E-state index in [1.54, 1.807) is 18.2 Å². The standard InChI is InChI=1S/C15H8BrCl2NO2/c16-8-1-2-9-10(15(21)19-13(9)6-8)3-7-4-11(17)14(20)12(18)5-7/h1-6,20H,(H,19,21). The number of halogens is 3. The van der Waals surface area contributed by atoms with Crippen molar-refractivity contribution in [1.29, 1.82) is 0 Å². The SMILES string of the molecule is O=C1Nc2cc(Br)ccc2C1=Cc1cc(Cl)c(O)c(Cl)c1. The Bertz CT molecular complexity index is 779. The van der Waals surface area contributed by atoms with Crippen LogP contribution in [0.3, 0.4) is 0 Å². The summed E-state index contributed by atoms with van der Waals surface area (Å²) in [5.74, 6) is -0.357. The van der Waals surface area contributed by atoms with Crippen molar-refractivity contribution >= 4 is 62.4 Å². The van der Waals surface area contributed by atoms with Crippen LogP contribution < -0.4 is 5.32 Å². The smallest absolute Gasteiger partial charge is 0.256 e. The molecule has 106 valence electrons. The molecule has 21 heavy (non-hydrogen) atoms. The molecule has 0 atom stereocenters. The number of anilines is 1. The van der Waals surface area contributed by atoms with E-state index in [1.165, 1.54) is 0 Å². The fraction of sp³-hybridized carbons (Fsp3) is 0. The van der Waals surface area contributed by atoms with Crippen molar-refractivity contribution in [2.24, 2.45) is 0 Å². The van der Waals surface area contributed by atoms with E-state index < -0.39 is 0 Å². The van der Waals surface area contributed by atoms with Crippen LogP contribution in [0.4, 0.5) is 5.69 Å². The minimum Gasteiger partial charge on any atom is -0.505 e. The maximum absolute atomic E-state index is 12.1. The van der Waals surface area contributed by atoms with Crippen LogP contribution >= 0.6 is 39.1 Å². The lowest BCUT2D eigenvalue weighted by Crippen LogP contribution is -2.03. The van der Waals surface area contributed by atoms with Crippen molar-refractivity contribution in [1.82, 2.24) is 0 Å². The number of hydrogen-bond donors (Lipinski definition) is 2. The van der Waals surface area contributed by atoms with Crippen LogP contribution in [0, 0.1) is 0 Å². The van der Waals surface area contributed by atoms with E-state index in [1.807, 2.05) is 18.2 Å². The minimum absolute atomic E-state index is 0.142. The van der Waals surface area contributed by atoms with Gasteiger partial charge in [-0.2, -0.15) is 0 Å². The van der Waals surface area contributed by atoms with Gasteiger partial charge in [-0.3, -0.25) is 4.79 Å². The van der Waals surface area contributed by atoms with Gasteiger partial charge in [0.25, 0.3) is 5.91 Å². The second-order valence-electron chi connectivity index (χ2n) is 4.54. The first kappa shape index (κ1) is 14.4. The summed E-state index contributed by atoms with van der Waals surface area (Å²) >= 11 is 15.1. The van der Waals surface area contributed by atoms with E-state index >= 15 is 0 Å². The number of aromatic hydroxyl groups is 1. The lowest BCUT2D eigenvalue weighted by atomic mass is 10.0. The number of carbonyl (C=O) groups is 1. The summed E-state index contributed by atoms with van der Waals surface area (Å²) in [5, 5.41) is 12.6. The molecule has 0 radical (unpaired) electrons. The average molecular weight is 385 g/mol. The van der Waals surface area contributed by atoms with Gasteiger partial charge in [0.15, 0.2) is 5.75 Å². The summed E-state index contributed by atoms with van der Waals surface area (Å²) in [7, 11) is 0. The van der Waals surface area contributed by atoms with Crippen molar-refractivity contribution in [3.8, 4) is 5.75 Å². The van der Waals surface area contributed by atoms with Crippen LogP contribution in [0.25, 0.3) is 11.6 Å². The molecule has 1 amide bonds. The molecule has 0 saturated heterocycles. The first-order valence-corrected chi connectivity index (χ1v) is 7.51. The third kappa shape index (κ3) is 2.67. The molecule has 6 heteroatoms. The van der Waals surface area contributed by atoms with Gasteiger partial charge in [-0.15, -0.1) is 0 Å². The highest BCUT2D eigenvalue weighted by Gasteiger charge is 2.24. The molecule has 0 unspecified atom stereocenters. The Morgan fingerprint density at radius 2 is 1.81 bits per heavy atom. The Morgan fingerprint density at radius 1 is 1.14 bits per heavy atom. The van der Waals surface area contributed by atoms with E-state index in [-0.39, 0.29) is 21.7 Å². The highest BCUT2D eigenvalue weighted by atomic mass is 79.9. The van der Waals surface area contributed by atoms with Crippen LogP contribution in [0.1, 0.15) is 11.1 Å². The molecule has 2 N–H and O–H groups in total. The van der Waals surface area contributed by atoms with Gasteiger partial charge in [-0.25, -0.2) is 0 Å². The average Bonchev–Trinajstić information content (AvgIpc) is 2.71. The highest BCUT2D eigenvalue weighted by molar-refractivity contribution is 9.10. The molecule has 3 nitrogen and oxygen atoms in total. The molecule has 2 aromatic rings. The fourth-order valence-electron chi connectivity index (χ4n) is 2.15. The van der Waals surface area contributed by atoms with Gasteiger partial charge >= 0.3 is 0 Å². The summed E-state index contributed by atoms with van der Waals surface area (Å²) in [6.07, 6.45) is 1.69. The van der Waals surface area contributed by atoms with Gasteiger partial charge in [-0.05, 0) is 35.9 Å². The molecule has 0 aromatic heterocycles. The number of carbonyl (C=O) groups excluding carboxylic acids is 1. The summed E-state index contributed by atoms with van der Waals surface area (Å²) in [6.45, 7) is 0. The second kappa shape index (κ2) is 5.37. The van der Waals surface area contributed by atoms with E-state index in [9.17, 15) is 9.90 Å². The zero-order valence-corrected chi connectivity index (χ0v) is 13.6. The number of nitrogens with one attached hydrogen (secondary N) is 1. The van der Waals surface area contributed by atoms with E-state index in [0.29, 0.717) is 11.1 Å². The maximum Gasteiger partial charge on any atom is 0.256 e. The Kier molecular flexibility index (Phi) is 3.69.